The fourth-order valence-electron chi connectivity index (χ4n) is 11.2. The van der Waals surface area contributed by atoms with Crippen LogP contribution in [0.3, 0.4) is 0 Å². The fraction of sp³-hybridized carbons (Fsp3) is 0.923. The zero-order valence-electron chi connectivity index (χ0n) is 63.8. The molecule has 0 saturated carbocycles. The van der Waals surface area contributed by atoms with E-state index in [-0.39, 0.29) is 105 Å². The Labute approximate surface area is 609 Å². The highest BCUT2D eigenvalue weighted by Crippen LogP contribution is 2.17. The fourth-order valence-corrected chi connectivity index (χ4v) is 11.2. The highest BCUT2D eigenvalue weighted by Gasteiger charge is 2.22. The molecule has 0 bridgehead atoms. The first-order chi connectivity index (χ1) is 46.1. The van der Waals surface area contributed by atoms with Crippen LogP contribution in [-0.4, -0.2) is 184 Å². The zero-order chi connectivity index (χ0) is 70.8. The molecule has 0 radical (unpaired) electrons. The Morgan fingerprint density at radius 1 is 0.312 bits per heavy atom. The van der Waals surface area contributed by atoms with Crippen LogP contribution in [0.5, 0.6) is 0 Å². The van der Waals surface area contributed by atoms with Crippen molar-refractivity contribution in [3.05, 3.63) is 0 Å². The molecule has 0 heterocycles. The van der Waals surface area contributed by atoms with Gasteiger partial charge in [-0.05, 0) is 39.8 Å². The lowest BCUT2D eigenvalue weighted by Gasteiger charge is -2.30. The van der Waals surface area contributed by atoms with E-state index in [4.69, 9.17) is 24.1 Å². The molecule has 0 aromatic carbocycles. The molecule has 0 rings (SSSR count). The number of unbranched alkanes of at least 4 members (excludes halogenated alkanes) is 40. The lowest BCUT2D eigenvalue weighted by molar-refractivity contribution is -0.890. The van der Waals surface area contributed by atoms with Crippen LogP contribution in [0.2, 0.25) is 0 Å². The van der Waals surface area contributed by atoms with Gasteiger partial charge in [-0.2, -0.15) is 0 Å². The van der Waals surface area contributed by atoms with Gasteiger partial charge in [-0.1, -0.05) is 300 Å². The minimum absolute atomic E-state index is 0. The van der Waals surface area contributed by atoms with E-state index in [9.17, 15) is 33.9 Å². The molecule has 18 heteroatoms. The second kappa shape index (κ2) is 79.9. The van der Waals surface area contributed by atoms with Gasteiger partial charge >= 0.3 is 23.9 Å². The van der Waals surface area contributed by atoms with Crippen LogP contribution < -0.4 is 17.0 Å². The number of quaternary nitrogens is 1. The van der Waals surface area contributed by atoms with Crippen molar-refractivity contribution in [1.82, 2.24) is 14.7 Å². The van der Waals surface area contributed by atoms with Crippen LogP contribution in [0.1, 0.15) is 349 Å². The molecule has 572 valence electrons. The van der Waals surface area contributed by atoms with E-state index in [0.717, 1.165) is 64.2 Å². The average molecular weight is 1500 g/mol. The number of likely N-dealkylation sites (N-methyl/N-ethyl adjacent to an activating group) is 1. The van der Waals surface area contributed by atoms with Gasteiger partial charge in [0.25, 0.3) is 0 Å². The number of halogens is 2. The molecule has 0 spiro atoms. The van der Waals surface area contributed by atoms with Crippen molar-refractivity contribution in [2.75, 3.05) is 119 Å². The van der Waals surface area contributed by atoms with E-state index < -0.39 is 0 Å². The third-order valence-electron chi connectivity index (χ3n) is 17.6. The Kier molecular flexibility index (Phi) is 83.3. The summed E-state index contributed by atoms with van der Waals surface area (Å²) >= 11 is 3.00. The molecule has 2 N–H and O–H groups in total. The van der Waals surface area contributed by atoms with Gasteiger partial charge in [0, 0.05) is 44.0 Å². The molecule has 0 saturated heterocycles. The van der Waals surface area contributed by atoms with Crippen molar-refractivity contribution in [2.45, 2.75) is 349 Å². The minimum atomic E-state index is -0.215. The summed E-state index contributed by atoms with van der Waals surface area (Å²) in [5, 5.41) is 17.8. The van der Waals surface area contributed by atoms with Crippen LogP contribution in [0.15, 0.2) is 0 Å². The molecule has 0 aromatic heterocycles. The Morgan fingerprint density at radius 3 is 0.719 bits per heavy atom. The van der Waals surface area contributed by atoms with Crippen LogP contribution in [0.25, 0.3) is 0 Å². The number of carbonyl (C=O) groups excluding carboxylic acids is 6. The van der Waals surface area contributed by atoms with Gasteiger partial charge in [-0.3, -0.25) is 28.8 Å². The molecular weight excluding hydrogens is 1340 g/mol. The average Bonchev–Trinajstić information content (AvgIpc) is 1.27. The van der Waals surface area contributed by atoms with Crippen molar-refractivity contribution in [2.24, 2.45) is 0 Å². The number of esters is 4. The maximum atomic E-state index is 13.1. The summed E-state index contributed by atoms with van der Waals surface area (Å²) < 4.78 is 22.4. The lowest BCUT2D eigenvalue weighted by atomic mass is 10.1. The first-order valence-corrected chi connectivity index (χ1v) is 40.6. The van der Waals surface area contributed by atoms with Crippen LogP contribution in [-0.2, 0) is 47.7 Å². The van der Waals surface area contributed by atoms with Crippen molar-refractivity contribution in [1.29, 1.82) is 0 Å². The summed E-state index contributed by atoms with van der Waals surface area (Å²) in [5.41, 5.74) is 0. The first kappa shape index (κ1) is 100.0. The van der Waals surface area contributed by atoms with Gasteiger partial charge in [-0.25, -0.2) is 0 Å². The number of carbonyl (C=O) groups is 6. The predicted octanol–water partition coefficient (Wildman–Crippen LogP) is 15.4. The van der Waals surface area contributed by atoms with Gasteiger partial charge in [0.15, 0.2) is 0 Å². The topological polar surface area (TPSA) is 190 Å². The number of nitrogens with zero attached hydrogens (tertiary/aromatic N) is 4. The molecule has 96 heavy (non-hydrogen) atoms. The molecule has 16 nitrogen and oxygen atoms in total. The van der Waals surface area contributed by atoms with E-state index in [1.807, 2.05) is 33.1 Å². The number of amides is 2. The maximum absolute atomic E-state index is 13.1. The molecule has 0 aromatic rings. The zero-order valence-corrected chi connectivity index (χ0v) is 66.9. The largest absolute Gasteiger partial charge is 1.00 e. The number of rotatable bonds is 69. The molecule has 0 atom stereocenters. The third-order valence-corrected chi connectivity index (χ3v) is 18.0. The molecule has 0 unspecified atom stereocenters. The number of alkyl halides is 1. The van der Waals surface area contributed by atoms with Crippen molar-refractivity contribution < 1.29 is 79.4 Å². The van der Waals surface area contributed by atoms with E-state index in [2.05, 4.69) is 43.6 Å². The Bertz CT molecular complexity index is 1610. The molecule has 0 aliphatic carbocycles. The normalized spacial score (nSPS) is 11.1. The van der Waals surface area contributed by atoms with E-state index in [1.54, 1.807) is 9.80 Å². The second-order valence-corrected chi connectivity index (χ2v) is 28.4. The van der Waals surface area contributed by atoms with E-state index >= 15 is 0 Å². The van der Waals surface area contributed by atoms with Gasteiger partial charge in [-0.15, -0.1) is 0 Å². The summed E-state index contributed by atoms with van der Waals surface area (Å²) in [6.07, 6.45) is 56.9. The summed E-state index contributed by atoms with van der Waals surface area (Å²) in [6, 6.07) is 0. The van der Waals surface area contributed by atoms with Gasteiger partial charge in [0.1, 0.15) is 33.0 Å². The quantitative estimate of drug-likeness (QED) is 0.0193. The summed E-state index contributed by atoms with van der Waals surface area (Å²) in [6.45, 7) is 13.0. The first-order valence-electron chi connectivity index (χ1n) is 39.5. The number of ether oxygens (including phenoxy) is 4. The molecular formula is C78H154Br2N4O12. The van der Waals surface area contributed by atoms with E-state index in [0.29, 0.717) is 81.1 Å². The molecule has 2 amide bonds. The SMILES string of the molecule is CCCCCCCCCCCCCC(=O)OCCN(CCOC(=O)CCCCCCCCCCCCC)C(=O)CCN(C)C.CCCCCCCCCCCCCC(=O)OCCN(CCOC(=O)CCCCCCCCCCCCC)C(=O)CC[N+](C)(C)CCO.OCCBr.[Br-]. The second-order valence-electron chi connectivity index (χ2n) is 27.6. The molecule has 0 fully saturated rings. The summed E-state index contributed by atoms with van der Waals surface area (Å²) in [4.78, 5) is 80.2. The van der Waals surface area contributed by atoms with Crippen LogP contribution in [0, 0.1) is 0 Å². The van der Waals surface area contributed by atoms with Crippen LogP contribution in [0.4, 0.5) is 0 Å². The number of aliphatic hydroxyl groups excluding tert-OH is 2. The van der Waals surface area contributed by atoms with Crippen molar-refractivity contribution >= 4 is 51.6 Å². The predicted molar refractivity (Wildman–Crippen MR) is 399 cm³/mol. The third kappa shape index (κ3) is 79.0. The summed E-state index contributed by atoms with van der Waals surface area (Å²) in [7, 11) is 7.84. The maximum Gasteiger partial charge on any atom is 0.305 e. The lowest BCUT2D eigenvalue weighted by Crippen LogP contribution is -3.00. The Balaban J connectivity index is -0.000000827. The molecule has 0 aliphatic heterocycles. The van der Waals surface area contributed by atoms with Gasteiger partial charge in [0.2, 0.25) is 11.8 Å². The van der Waals surface area contributed by atoms with Crippen molar-refractivity contribution in [3.8, 4) is 0 Å². The highest BCUT2D eigenvalue weighted by atomic mass is 79.9. The standard InChI is InChI=1S/C39H77N2O6.C37H72N2O5.C2H5BrO.BrH/c1-5-7-9-11-13-15-17-19-21-23-25-27-38(44)46-35-30-40(37(43)29-32-41(3,4)33-34-42)31-36-47-39(45)28-26-24-22-20-18-16-14-12-10-8-6-2;1-5-7-9-11-13-15-17-19-21-23-25-27-36(41)43-33-31-39(35(40)29-30-38(3)4)32-34-44-37(42)28-26-24-22-20-18-16-14-12-10-8-6-2;3-1-2-4;/h42H,5-36H2,1-4H3;5-34H2,1-4H3;4H,1-2H2;1H/q+1;;;/p-1. The van der Waals surface area contributed by atoms with Crippen LogP contribution >= 0.6 is 15.9 Å². The summed E-state index contributed by atoms with van der Waals surface area (Å²) in [5.74, 6) is -0.890. The highest BCUT2D eigenvalue weighted by molar-refractivity contribution is 9.09. The van der Waals surface area contributed by atoms with E-state index in [1.165, 1.54) is 218 Å². The van der Waals surface area contributed by atoms with Gasteiger partial charge in [0.05, 0.1) is 66.5 Å². The van der Waals surface area contributed by atoms with Gasteiger partial charge < -0.3 is 65.3 Å². The number of aliphatic hydroxyl groups is 2. The molecule has 0 aliphatic rings. The smallest absolute Gasteiger partial charge is 0.305 e. The number of hydrogen-bond donors (Lipinski definition) is 2. The monoisotopic (exact) mass is 1500 g/mol. The Morgan fingerprint density at radius 2 is 0.521 bits per heavy atom. The number of hydrogen-bond acceptors (Lipinski definition) is 13. The Hall–Kier alpha value is -2.38. The van der Waals surface area contributed by atoms with Crippen molar-refractivity contribution in [3.63, 3.8) is 0 Å². The minimum Gasteiger partial charge on any atom is -1.00 e.